The molecule has 0 amide bonds. The molecule has 5 nitrogen and oxygen atoms in total. The van der Waals surface area contributed by atoms with Crippen LogP contribution in [0, 0.1) is 6.92 Å². The third kappa shape index (κ3) is 3.38. The number of carbonyl (C=O) groups is 1. The number of ether oxygens (including phenoxy) is 1. The highest BCUT2D eigenvalue weighted by atomic mass is 16.5. The van der Waals surface area contributed by atoms with Gasteiger partial charge in [-0.05, 0) is 13.8 Å². The molecule has 110 valence electrons. The second kappa shape index (κ2) is 6.37. The molecule has 1 atom stereocenters. The van der Waals surface area contributed by atoms with Gasteiger partial charge in [-0.1, -0.05) is 41.6 Å². The normalized spacial score (nSPS) is 12.0. The number of rotatable bonds is 5. The van der Waals surface area contributed by atoms with Crippen LogP contribution >= 0.6 is 0 Å². The van der Waals surface area contributed by atoms with Gasteiger partial charge in [-0.25, -0.2) is 4.79 Å². The molecule has 1 aromatic heterocycles. The predicted octanol–water partition coefficient (Wildman–Crippen LogP) is 2.80. The first-order chi connectivity index (χ1) is 10.0. The summed E-state index contributed by atoms with van der Waals surface area (Å²) in [6, 6.07) is 9.31. The predicted molar refractivity (Wildman–Crippen MR) is 77.4 cm³/mol. The molecular formula is C16H17NO4. The lowest BCUT2D eigenvalue weighted by molar-refractivity contribution is -0.139. The van der Waals surface area contributed by atoms with Crippen molar-refractivity contribution < 1.29 is 19.2 Å². The van der Waals surface area contributed by atoms with Gasteiger partial charge in [0.2, 0.25) is 0 Å². The summed E-state index contributed by atoms with van der Waals surface area (Å²) in [7, 11) is 0. The summed E-state index contributed by atoms with van der Waals surface area (Å²) in [6.45, 7) is 7.42. The lowest BCUT2D eigenvalue weighted by Crippen LogP contribution is -2.13. The van der Waals surface area contributed by atoms with E-state index in [9.17, 15) is 9.90 Å². The highest BCUT2D eigenvalue weighted by Crippen LogP contribution is 2.26. The van der Waals surface area contributed by atoms with E-state index in [2.05, 4.69) is 11.7 Å². The zero-order valence-corrected chi connectivity index (χ0v) is 12.0. The topological polar surface area (TPSA) is 72.6 Å². The average Bonchev–Trinajstić information content (AvgIpc) is 2.96. The highest BCUT2D eigenvalue weighted by molar-refractivity contribution is 5.89. The van der Waals surface area contributed by atoms with Gasteiger partial charge in [-0.2, -0.15) is 0 Å². The van der Waals surface area contributed by atoms with Crippen LogP contribution in [-0.4, -0.2) is 22.8 Å². The Kier molecular flexibility index (Phi) is 4.55. The van der Waals surface area contributed by atoms with Crippen molar-refractivity contribution in [3.8, 4) is 11.3 Å². The molecule has 0 fully saturated rings. The number of aliphatic hydroxyl groups is 1. The van der Waals surface area contributed by atoms with Crippen molar-refractivity contribution in [3.63, 3.8) is 0 Å². The second-order valence-corrected chi connectivity index (χ2v) is 4.63. The molecule has 0 saturated carbocycles. The lowest BCUT2D eigenvalue weighted by atomic mass is 10.1. The van der Waals surface area contributed by atoms with Gasteiger partial charge >= 0.3 is 5.97 Å². The molecule has 2 rings (SSSR count). The largest absolute Gasteiger partial charge is 0.463 e. The molecule has 1 aromatic carbocycles. The monoisotopic (exact) mass is 287 g/mol. The Bertz CT molecular complexity index is 643. The molecule has 0 aliphatic rings. The van der Waals surface area contributed by atoms with Gasteiger partial charge in [0.25, 0.3) is 0 Å². The minimum Gasteiger partial charge on any atom is -0.463 e. The highest BCUT2D eigenvalue weighted by Gasteiger charge is 2.23. The smallest absolute Gasteiger partial charge is 0.336 e. The molecule has 1 N–H and O–H groups in total. The van der Waals surface area contributed by atoms with E-state index in [0.717, 1.165) is 11.1 Å². The molecule has 5 heteroatoms. The van der Waals surface area contributed by atoms with Crippen molar-refractivity contribution in [2.75, 3.05) is 6.61 Å². The number of nitrogens with zero attached hydrogens (tertiary/aromatic N) is 1. The first-order valence-electron chi connectivity index (χ1n) is 6.60. The quantitative estimate of drug-likeness (QED) is 0.676. The number of hydrogen-bond acceptors (Lipinski definition) is 5. The SMILES string of the molecule is C=C(C(=O)OCC)C(O)c1cc(-c2ccc(C)cc2)no1. The number of carbonyl (C=O) groups excluding carboxylic acids is 1. The van der Waals surface area contributed by atoms with Crippen LogP contribution in [-0.2, 0) is 9.53 Å². The zero-order valence-electron chi connectivity index (χ0n) is 12.0. The summed E-state index contributed by atoms with van der Waals surface area (Å²) in [6.07, 6.45) is -1.27. The van der Waals surface area contributed by atoms with Gasteiger partial charge in [0.1, 0.15) is 11.8 Å². The van der Waals surface area contributed by atoms with Crippen LogP contribution < -0.4 is 0 Å². The summed E-state index contributed by atoms with van der Waals surface area (Å²) < 4.78 is 9.88. The maximum Gasteiger partial charge on any atom is 0.336 e. The molecule has 2 aromatic rings. The average molecular weight is 287 g/mol. The van der Waals surface area contributed by atoms with Gasteiger partial charge in [0.05, 0.1) is 12.2 Å². The van der Waals surface area contributed by atoms with E-state index in [-0.39, 0.29) is 17.9 Å². The van der Waals surface area contributed by atoms with Gasteiger partial charge in [-0.3, -0.25) is 0 Å². The van der Waals surface area contributed by atoms with Crippen molar-refractivity contribution in [1.82, 2.24) is 5.16 Å². The maximum absolute atomic E-state index is 11.5. The number of esters is 1. The Hall–Kier alpha value is -2.40. The van der Waals surface area contributed by atoms with Crippen LogP contribution in [0.2, 0.25) is 0 Å². The van der Waals surface area contributed by atoms with Gasteiger partial charge in [0.15, 0.2) is 5.76 Å². The number of benzene rings is 1. The maximum atomic E-state index is 11.5. The molecule has 0 radical (unpaired) electrons. The van der Waals surface area contributed by atoms with Crippen LogP contribution in [0.3, 0.4) is 0 Å². The van der Waals surface area contributed by atoms with E-state index in [0.29, 0.717) is 5.69 Å². The Balaban J connectivity index is 2.17. The third-order valence-corrected chi connectivity index (χ3v) is 3.01. The van der Waals surface area contributed by atoms with Crippen molar-refractivity contribution in [3.05, 3.63) is 53.8 Å². The molecule has 0 saturated heterocycles. The first kappa shape index (κ1) is 15.0. The van der Waals surface area contributed by atoms with Gasteiger partial charge in [0, 0.05) is 11.6 Å². The zero-order chi connectivity index (χ0) is 15.4. The number of hydrogen-bond donors (Lipinski definition) is 1. The van der Waals surface area contributed by atoms with Gasteiger partial charge < -0.3 is 14.4 Å². The van der Waals surface area contributed by atoms with Crippen molar-refractivity contribution in [1.29, 1.82) is 0 Å². The Labute approximate surface area is 122 Å². The fourth-order valence-corrected chi connectivity index (χ4v) is 1.79. The van der Waals surface area contributed by atoms with Crippen molar-refractivity contribution in [2.24, 2.45) is 0 Å². The fourth-order valence-electron chi connectivity index (χ4n) is 1.79. The van der Waals surface area contributed by atoms with E-state index >= 15 is 0 Å². The standard InChI is InChI=1S/C16H17NO4/c1-4-20-16(19)11(3)15(18)14-9-13(17-21-14)12-7-5-10(2)6-8-12/h5-9,15,18H,3-4H2,1-2H3. The molecule has 1 unspecified atom stereocenters. The lowest BCUT2D eigenvalue weighted by Gasteiger charge is -2.08. The Morgan fingerprint density at radius 2 is 2.10 bits per heavy atom. The molecule has 1 heterocycles. The molecular weight excluding hydrogens is 270 g/mol. The van der Waals surface area contributed by atoms with Crippen LogP contribution in [0.5, 0.6) is 0 Å². The summed E-state index contributed by atoms with van der Waals surface area (Å²) in [5, 5.41) is 14.0. The second-order valence-electron chi connectivity index (χ2n) is 4.63. The van der Waals surface area contributed by atoms with Crippen LogP contribution in [0.1, 0.15) is 24.4 Å². The van der Waals surface area contributed by atoms with Crippen LogP contribution in [0.4, 0.5) is 0 Å². The van der Waals surface area contributed by atoms with Crippen LogP contribution in [0.25, 0.3) is 11.3 Å². The van der Waals surface area contributed by atoms with Crippen molar-refractivity contribution in [2.45, 2.75) is 20.0 Å². The molecule has 21 heavy (non-hydrogen) atoms. The minimum absolute atomic E-state index is 0.0801. The summed E-state index contributed by atoms with van der Waals surface area (Å²) in [5.41, 5.74) is 2.51. The molecule has 0 bridgehead atoms. The van der Waals surface area contributed by atoms with Crippen LogP contribution in [0.15, 0.2) is 47.0 Å². The first-order valence-corrected chi connectivity index (χ1v) is 6.60. The van der Waals surface area contributed by atoms with E-state index in [1.807, 2.05) is 31.2 Å². The summed E-state index contributed by atoms with van der Waals surface area (Å²) in [5.74, 6) is -0.498. The molecule has 0 aliphatic heterocycles. The van der Waals surface area contributed by atoms with Gasteiger partial charge in [-0.15, -0.1) is 0 Å². The van der Waals surface area contributed by atoms with Crippen molar-refractivity contribution >= 4 is 5.97 Å². The van der Waals surface area contributed by atoms with E-state index in [1.54, 1.807) is 13.0 Å². The van der Waals surface area contributed by atoms with E-state index in [4.69, 9.17) is 9.26 Å². The molecule has 0 aliphatic carbocycles. The fraction of sp³-hybridized carbons (Fsp3) is 0.250. The number of aryl methyl sites for hydroxylation is 1. The summed E-state index contributed by atoms with van der Waals surface area (Å²) >= 11 is 0. The van der Waals surface area contributed by atoms with E-state index in [1.165, 1.54) is 0 Å². The minimum atomic E-state index is -1.27. The Morgan fingerprint density at radius 3 is 2.71 bits per heavy atom. The number of aliphatic hydroxyl groups excluding tert-OH is 1. The third-order valence-electron chi connectivity index (χ3n) is 3.01. The Morgan fingerprint density at radius 1 is 1.43 bits per heavy atom. The molecule has 0 spiro atoms. The summed E-state index contributed by atoms with van der Waals surface area (Å²) in [4.78, 5) is 11.5. The van der Waals surface area contributed by atoms with E-state index < -0.39 is 12.1 Å². The number of aromatic nitrogens is 1.